The lowest BCUT2D eigenvalue weighted by Crippen LogP contribution is -2.40. The lowest BCUT2D eigenvalue weighted by molar-refractivity contribution is -0.130. The van der Waals surface area contributed by atoms with E-state index in [4.69, 9.17) is 4.99 Å². The first kappa shape index (κ1) is 21.5. The van der Waals surface area contributed by atoms with Crippen molar-refractivity contribution in [1.82, 2.24) is 15.1 Å². The molecule has 1 aliphatic heterocycles. The van der Waals surface area contributed by atoms with Crippen molar-refractivity contribution in [3.05, 3.63) is 0 Å². The standard InChI is InChI=1S/C18H34N4O.HI/c1-4-19-18(20-12-11-17(23)21(5-2)6-3)22-13-15-9-7-8-10-16(15)14-22;/h15-16H,4-14H2,1-3H3,(H,19,20);1H. The summed E-state index contributed by atoms with van der Waals surface area (Å²) in [7, 11) is 0. The zero-order valence-electron chi connectivity index (χ0n) is 15.6. The van der Waals surface area contributed by atoms with Gasteiger partial charge >= 0.3 is 0 Å². The summed E-state index contributed by atoms with van der Waals surface area (Å²) in [6, 6.07) is 0. The topological polar surface area (TPSA) is 47.9 Å². The van der Waals surface area contributed by atoms with Crippen molar-refractivity contribution in [2.45, 2.75) is 52.9 Å². The van der Waals surface area contributed by atoms with Gasteiger partial charge in [0.1, 0.15) is 0 Å². The van der Waals surface area contributed by atoms with Crippen molar-refractivity contribution >= 4 is 35.8 Å². The van der Waals surface area contributed by atoms with Crippen molar-refractivity contribution < 1.29 is 4.79 Å². The van der Waals surface area contributed by atoms with Crippen LogP contribution in [0.3, 0.4) is 0 Å². The minimum Gasteiger partial charge on any atom is -0.357 e. The fraction of sp³-hybridized carbons (Fsp3) is 0.889. The highest BCUT2D eigenvalue weighted by Gasteiger charge is 2.35. The lowest BCUT2D eigenvalue weighted by atomic mass is 9.82. The van der Waals surface area contributed by atoms with Gasteiger partial charge in [-0.1, -0.05) is 12.8 Å². The van der Waals surface area contributed by atoms with Gasteiger partial charge in [-0.3, -0.25) is 9.79 Å². The molecule has 0 spiro atoms. The average Bonchev–Trinajstić information content (AvgIpc) is 2.99. The van der Waals surface area contributed by atoms with Crippen LogP contribution in [-0.2, 0) is 4.79 Å². The summed E-state index contributed by atoms with van der Waals surface area (Å²) in [5.41, 5.74) is 0. The second kappa shape index (κ2) is 11.2. The molecule has 1 N–H and O–H groups in total. The van der Waals surface area contributed by atoms with Gasteiger partial charge in [0.05, 0.1) is 6.54 Å². The predicted octanol–water partition coefficient (Wildman–Crippen LogP) is 2.95. The monoisotopic (exact) mass is 450 g/mol. The summed E-state index contributed by atoms with van der Waals surface area (Å²) in [4.78, 5) is 21.1. The number of rotatable bonds is 6. The van der Waals surface area contributed by atoms with E-state index in [0.29, 0.717) is 13.0 Å². The summed E-state index contributed by atoms with van der Waals surface area (Å²) >= 11 is 0. The van der Waals surface area contributed by atoms with Crippen molar-refractivity contribution in [3.63, 3.8) is 0 Å². The molecule has 2 aliphatic rings. The molecular weight excluding hydrogens is 415 g/mol. The maximum absolute atomic E-state index is 12.1. The number of likely N-dealkylation sites (tertiary alicyclic amines) is 1. The van der Waals surface area contributed by atoms with E-state index < -0.39 is 0 Å². The number of nitrogens with one attached hydrogen (secondary N) is 1. The molecule has 2 rings (SSSR count). The van der Waals surface area contributed by atoms with Crippen LogP contribution in [0.25, 0.3) is 0 Å². The molecule has 1 saturated heterocycles. The molecule has 2 atom stereocenters. The van der Waals surface area contributed by atoms with Gasteiger partial charge in [0.25, 0.3) is 0 Å². The Labute approximate surface area is 164 Å². The van der Waals surface area contributed by atoms with E-state index in [0.717, 1.165) is 50.5 Å². The first-order valence-corrected chi connectivity index (χ1v) is 9.50. The Kier molecular flexibility index (Phi) is 10.0. The van der Waals surface area contributed by atoms with E-state index >= 15 is 0 Å². The minimum atomic E-state index is 0. The molecule has 0 aromatic carbocycles. The Hall–Kier alpha value is -0.530. The van der Waals surface area contributed by atoms with E-state index in [1.54, 1.807) is 0 Å². The van der Waals surface area contributed by atoms with Crippen LogP contribution in [-0.4, -0.2) is 60.9 Å². The number of guanidine groups is 1. The SMILES string of the molecule is CCNC(=NCCC(=O)N(CC)CC)N1CC2CCCCC2C1.I. The largest absolute Gasteiger partial charge is 0.357 e. The Morgan fingerprint density at radius 2 is 1.71 bits per heavy atom. The normalized spacial score (nSPS) is 23.5. The van der Waals surface area contributed by atoms with Crippen molar-refractivity contribution in [2.75, 3.05) is 39.3 Å². The first-order valence-electron chi connectivity index (χ1n) is 9.50. The highest BCUT2D eigenvalue weighted by Crippen LogP contribution is 2.35. The number of amides is 1. The number of nitrogens with zero attached hydrogens (tertiary/aromatic N) is 3. The zero-order chi connectivity index (χ0) is 16.7. The quantitative estimate of drug-likeness (QED) is 0.385. The van der Waals surface area contributed by atoms with E-state index in [-0.39, 0.29) is 29.9 Å². The third-order valence-electron chi connectivity index (χ3n) is 5.31. The van der Waals surface area contributed by atoms with Crippen LogP contribution in [0.2, 0.25) is 0 Å². The molecule has 2 unspecified atom stereocenters. The molecule has 0 radical (unpaired) electrons. The molecule has 1 heterocycles. The van der Waals surface area contributed by atoms with Gasteiger partial charge in [-0.15, -0.1) is 24.0 Å². The number of carbonyl (C=O) groups excluding carboxylic acids is 1. The first-order chi connectivity index (χ1) is 11.2. The summed E-state index contributed by atoms with van der Waals surface area (Å²) in [6.45, 7) is 11.5. The van der Waals surface area contributed by atoms with Crippen molar-refractivity contribution in [2.24, 2.45) is 16.8 Å². The Balaban J connectivity index is 0.00000288. The number of hydrogen-bond acceptors (Lipinski definition) is 2. The molecule has 0 aromatic rings. The maximum atomic E-state index is 12.1. The fourth-order valence-corrected chi connectivity index (χ4v) is 4.00. The van der Waals surface area contributed by atoms with Gasteiger partial charge < -0.3 is 15.1 Å². The zero-order valence-corrected chi connectivity index (χ0v) is 17.9. The smallest absolute Gasteiger partial charge is 0.224 e. The van der Waals surface area contributed by atoms with Crippen LogP contribution in [0.5, 0.6) is 0 Å². The minimum absolute atomic E-state index is 0. The van der Waals surface area contributed by atoms with E-state index in [1.165, 1.54) is 25.7 Å². The molecule has 1 aliphatic carbocycles. The van der Waals surface area contributed by atoms with Crippen LogP contribution in [0.4, 0.5) is 0 Å². The van der Waals surface area contributed by atoms with Crippen molar-refractivity contribution in [1.29, 1.82) is 0 Å². The van der Waals surface area contributed by atoms with Gasteiger partial charge in [-0.25, -0.2) is 0 Å². The van der Waals surface area contributed by atoms with Gasteiger partial charge in [0.15, 0.2) is 5.96 Å². The summed E-state index contributed by atoms with van der Waals surface area (Å²) in [6.07, 6.45) is 6.04. The second-order valence-corrected chi connectivity index (χ2v) is 6.76. The molecular formula is C18H35IN4O. The highest BCUT2D eigenvalue weighted by molar-refractivity contribution is 14.0. The number of halogens is 1. The van der Waals surface area contributed by atoms with Crippen LogP contribution >= 0.6 is 24.0 Å². The van der Waals surface area contributed by atoms with Gasteiger partial charge in [0.2, 0.25) is 5.91 Å². The number of fused-ring (bicyclic) bond motifs is 1. The average molecular weight is 450 g/mol. The Morgan fingerprint density at radius 1 is 1.12 bits per heavy atom. The predicted molar refractivity (Wildman–Crippen MR) is 111 cm³/mol. The number of aliphatic imine (C=N–C) groups is 1. The van der Waals surface area contributed by atoms with E-state index in [2.05, 4.69) is 17.1 Å². The van der Waals surface area contributed by atoms with Gasteiger partial charge in [0, 0.05) is 39.1 Å². The fourth-order valence-electron chi connectivity index (χ4n) is 4.00. The third kappa shape index (κ3) is 5.77. The van der Waals surface area contributed by atoms with Crippen LogP contribution < -0.4 is 5.32 Å². The molecule has 5 nitrogen and oxygen atoms in total. The van der Waals surface area contributed by atoms with Gasteiger partial charge in [-0.05, 0) is 45.4 Å². The highest BCUT2D eigenvalue weighted by atomic mass is 127. The lowest BCUT2D eigenvalue weighted by Gasteiger charge is -2.22. The molecule has 1 saturated carbocycles. The third-order valence-corrected chi connectivity index (χ3v) is 5.31. The molecule has 2 fully saturated rings. The summed E-state index contributed by atoms with van der Waals surface area (Å²) < 4.78 is 0. The van der Waals surface area contributed by atoms with Crippen LogP contribution in [0.1, 0.15) is 52.9 Å². The molecule has 6 heteroatoms. The molecule has 24 heavy (non-hydrogen) atoms. The van der Waals surface area contributed by atoms with Gasteiger partial charge in [-0.2, -0.15) is 0 Å². The van der Waals surface area contributed by atoms with Crippen LogP contribution in [0.15, 0.2) is 4.99 Å². The molecule has 0 aromatic heterocycles. The maximum Gasteiger partial charge on any atom is 0.224 e. The Morgan fingerprint density at radius 3 is 2.21 bits per heavy atom. The summed E-state index contributed by atoms with van der Waals surface area (Å²) in [5.74, 6) is 2.92. The van der Waals surface area contributed by atoms with E-state index in [9.17, 15) is 4.79 Å². The number of hydrogen-bond donors (Lipinski definition) is 1. The number of carbonyl (C=O) groups is 1. The van der Waals surface area contributed by atoms with Crippen molar-refractivity contribution in [3.8, 4) is 0 Å². The van der Waals surface area contributed by atoms with Crippen LogP contribution in [0, 0.1) is 11.8 Å². The molecule has 140 valence electrons. The second-order valence-electron chi connectivity index (χ2n) is 6.76. The molecule has 1 amide bonds. The Bertz CT molecular complexity index is 398. The van der Waals surface area contributed by atoms with E-state index in [1.807, 2.05) is 18.7 Å². The summed E-state index contributed by atoms with van der Waals surface area (Å²) in [5, 5.41) is 3.42. The molecule has 0 bridgehead atoms.